The van der Waals surface area contributed by atoms with Crippen molar-refractivity contribution >= 4 is 27.5 Å². The largest absolute Gasteiger partial charge is 0.489 e. The third-order valence-electron chi connectivity index (χ3n) is 4.08. The molecule has 0 saturated carbocycles. The van der Waals surface area contributed by atoms with E-state index in [0.717, 1.165) is 45.9 Å². The second kappa shape index (κ2) is 9.77. The van der Waals surface area contributed by atoms with Crippen molar-refractivity contribution in [2.45, 2.75) is 19.6 Å². The molecule has 0 heterocycles. The highest BCUT2D eigenvalue weighted by Crippen LogP contribution is 2.24. The maximum atomic E-state index is 6.03. The summed E-state index contributed by atoms with van der Waals surface area (Å²) in [7, 11) is 0. The first-order valence-corrected chi connectivity index (χ1v) is 9.78. The van der Waals surface area contributed by atoms with Crippen molar-refractivity contribution in [3.05, 3.63) is 99.0 Å². The van der Waals surface area contributed by atoms with Gasteiger partial charge in [-0.2, -0.15) is 0 Å². The summed E-state index contributed by atoms with van der Waals surface area (Å²) in [6, 6.07) is 24.4. The van der Waals surface area contributed by atoms with E-state index in [4.69, 9.17) is 16.3 Å². The maximum absolute atomic E-state index is 6.03. The Morgan fingerprint density at radius 1 is 0.885 bits per heavy atom. The van der Waals surface area contributed by atoms with Crippen molar-refractivity contribution in [2.24, 2.45) is 0 Å². The Kier molecular flexibility index (Phi) is 7.13. The Balaban J connectivity index is 1.56. The van der Waals surface area contributed by atoms with Crippen LogP contribution in [0.2, 0.25) is 5.02 Å². The number of hydrogen-bond donors (Lipinski definition) is 1. The summed E-state index contributed by atoms with van der Waals surface area (Å²) in [5, 5.41) is 4.24. The van der Waals surface area contributed by atoms with Crippen LogP contribution < -0.4 is 10.1 Å². The van der Waals surface area contributed by atoms with Gasteiger partial charge < -0.3 is 10.1 Å². The van der Waals surface area contributed by atoms with Gasteiger partial charge in [-0.1, -0.05) is 70.0 Å². The predicted octanol–water partition coefficient (Wildman–Crippen LogP) is 6.01. The number of halogens is 2. The van der Waals surface area contributed by atoms with Gasteiger partial charge in [0.05, 0.1) is 0 Å². The summed E-state index contributed by atoms with van der Waals surface area (Å²) in [6.07, 6.45) is 1.01. The van der Waals surface area contributed by atoms with Crippen LogP contribution in [0.5, 0.6) is 5.75 Å². The number of benzene rings is 3. The molecule has 0 aliphatic rings. The summed E-state index contributed by atoms with van der Waals surface area (Å²) in [5.74, 6) is 0.898. The van der Waals surface area contributed by atoms with Gasteiger partial charge in [-0.25, -0.2) is 0 Å². The van der Waals surface area contributed by atoms with Gasteiger partial charge in [0, 0.05) is 21.6 Å². The van der Waals surface area contributed by atoms with Crippen molar-refractivity contribution in [1.29, 1.82) is 0 Å². The van der Waals surface area contributed by atoms with E-state index in [9.17, 15) is 0 Å². The standard InChI is InChI=1S/C22H21BrClNO/c23-20-8-11-22(26-16-18-6-9-21(24)10-7-18)19(14-20)15-25-13-12-17-4-2-1-3-5-17/h1-11,14,25H,12-13,15-16H2. The van der Waals surface area contributed by atoms with Crippen LogP contribution in [0.15, 0.2) is 77.3 Å². The van der Waals surface area contributed by atoms with E-state index in [0.29, 0.717) is 6.61 Å². The zero-order valence-corrected chi connectivity index (χ0v) is 16.8. The van der Waals surface area contributed by atoms with Crippen LogP contribution in [0.1, 0.15) is 16.7 Å². The van der Waals surface area contributed by atoms with E-state index < -0.39 is 0 Å². The zero-order chi connectivity index (χ0) is 18.2. The van der Waals surface area contributed by atoms with Crippen LogP contribution in [0, 0.1) is 0 Å². The monoisotopic (exact) mass is 429 g/mol. The Morgan fingerprint density at radius 3 is 2.42 bits per heavy atom. The quantitative estimate of drug-likeness (QED) is 0.442. The van der Waals surface area contributed by atoms with Gasteiger partial charge in [-0.05, 0) is 54.4 Å². The lowest BCUT2D eigenvalue weighted by Crippen LogP contribution is -2.17. The molecule has 3 rings (SSSR count). The van der Waals surface area contributed by atoms with E-state index in [1.165, 1.54) is 5.56 Å². The highest BCUT2D eigenvalue weighted by atomic mass is 79.9. The maximum Gasteiger partial charge on any atom is 0.124 e. The van der Waals surface area contributed by atoms with Crippen LogP contribution in [-0.4, -0.2) is 6.54 Å². The lowest BCUT2D eigenvalue weighted by molar-refractivity contribution is 0.302. The summed E-state index contributed by atoms with van der Waals surface area (Å²) >= 11 is 9.48. The molecule has 3 aromatic carbocycles. The molecule has 0 unspecified atom stereocenters. The molecule has 4 heteroatoms. The van der Waals surface area contributed by atoms with Gasteiger partial charge in [0.2, 0.25) is 0 Å². The van der Waals surface area contributed by atoms with Crippen LogP contribution in [0.4, 0.5) is 0 Å². The third kappa shape index (κ3) is 5.87. The van der Waals surface area contributed by atoms with E-state index in [1.807, 2.05) is 42.5 Å². The SMILES string of the molecule is Clc1ccc(COc2ccc(Br)cc2CNCCc2ccccc2)cc1. The first kappa shape index (κ1) is 19.0. The molecule has 0 aromatic heterocycles. The third-order valence-corrected chi connectivity index (χ3v) is 4.82. The Hall–Kier alpha value is -1.81. The van der Waals surface area contributed by atoms with Gasteiger partial charge >= 0.3 is 0 Å². The second-order valence-corrected chi connectivity index (χ2v) is 7.43. The average molecular weight is 431 g/mol. The number of nitrogens with one attached hydrogen (secondary N) is 1. The Morgan fingerprint density at radius 2 is 1.65 bits per heavy atom. The Bertz CT molecular complexity index is 821. The van der Waals surface area contributed by atoms with E-state index in [2.05, 4.69) is 51.6 Å². The average Bonchev–Trinajstić information content (AvgIpc) is 2.67. The molecule has 0 spiro atoms. The molecule has 0 aliphatic heterocycles. The normalized spacial score (nSPS) is 10.7. The van der Waals surface area contributed by atoms with Crippen LogP contribution in [-0.2, 0) is 19.6 Å². The first-order valence-electron chi connectivity index (χ1n) is 8.61. The number of ether oxygens (including phenoxy) is 1. The minimum atomic E-state index is 0.524. The number of rotatable bonds is 8. The smallest absolute Gasteiger partial charge is 0.124 e. The van der Waals surface area contributed by atoms with Crippen LogP contribution in [0.25, 0.3) is 0 Å². The highest BCUT2D eigenvalue weighted by Gasteiger charge is 2.06. The topological polar surface area (TPSA) is 21.3 Å². The van der Waals surface area contributed by atoms with Gasteiger partial charge in [0.25, 0.3) is 0 Å². The van der Waals surface area contributed by atoms with Crippen molar-refractivity contribution in [3.8, 4) is 5.75 Å². The molecule has 0 amide bonds. The summed E-state index contributed by atoms with van der Waals surface area (Å²) < 4.78 is 7.08. The lowest BCUT2D eigenvalue weighted by atomic mass is 10.1. The van der Waals surface area contributed by atoms with Crippen molar-refractivity contribution in [3.63, 3.8) is 0 Å². The fourth-order valence-electron chi connectivity index (χ4n) is 2.67. The molecular formula is C22H21BrClNO. The van der Waals surface area contributed by atoms with Crippen molar-refractivity contribution in [1.82, 2.24) is 5.32 Å². The molecule has 3 aromatic rings. The molecule has 2 nitrogen and oxygen atoms in total. The molecule has 1 N–H and O–H groups in total. The van der Waals surface area contributed by atoms with Crippen molar-refractivity contribution < 1.29 is 4.74 Å². The molecule has 26 heavy (non-hydrogen) atoms. The lowest BCUT2D eigenvalue weighted by Gasteiger charge is -2.13. The van der Waals surface area contributed by atoms with Crippen LogP contribution in [0.3, 0.4) is 0 Å². The molecule has 134 valence electrons. The minimum absolute atomic E-state index is 0.524. The zero-order valence-electron chi connectivity index (χ0n) is 14.4. The first-order chi connectivity index (χ1) is 12.7. The molecule has 0 aliphatic carbocycles. The summed E-state index contributed by atoms with van der Waals surface area (Å²) in [4.78, 5) is 0. The van der Waals surface area contributed by atoms with E-state index in [1.54, 1.807) is 0 Å². The van der Waals surface area contributed by atoms with E-state index in [-0.39, 0.29) is 0 Å². The van der Waals surface area contributed by atoms with Crippen LogP contribution >= 0.6 is 27.5 Å². The van der Waals surface area contributed by atoms with E-state index >= 15 is 0 Å². The minimum Gasteiger partial charge on any atom is -0.489 e. The summed E-state index contributed by atoms with van der Waals surface area (Å²) in [5.41, 5.74) is 3.58. The van der Waals surface area contributed by atoms with Gasteiger partial charge in [0.15, 0.2) is 0 Å². The molecule has 0 radical (unpaired) electrons. The fourth-order valence-corrected chi connectivity index (χ4v) is 3.20. The second-order valence-electron chi connectivity index (χ2n) is 6.08. The van der Waals surface area contributed by atoms with Gasteiger partial charge in [-0.3, -0.25) is 0 Å². The summed E-state index contributed by atoms with van der Waals surface area (Å²) in [6.45, 7) is 2.21. The van der Waals surface area contributed by atoms with Crippen molar-refractivity contribution in [2.75, 3.05) is 6.54 Å². The predicted molar refractivity (Wildman–Crippen MR) is 112 cm³/mol. The molecule has 0 saturated heterocycles. The Labute approximate surface area is 168 Å². The molecule has 0 fully saturated rings. The molecular weight excluding hydrogens is 410 g/mol. The van der Waals surface area contributed by atoms with Gasteiger partial charge in [-0.15, -0.1) is 0 Å². The molecule has 0 bridgehead atoms. The molecule has 0 atom stereocenters. The number of hydrogen-bond acceptors (Lipinski definition) is 2. The fraction of sp³-hybridized carbons (Fsp3) is 0.182. The highest BCUT2D eigenvalue weighted by molar-refractivity contribution is 9.10. The van der Waals surface area contributed by atoms with Gasteiger partial charge in [0.1, 0.15) is 12.4 Å².